The first kappa shape index (κ1) is 26.3. The van der Waals surface area contributed by atoms with E-state index >= 15 is 0 Å². The number of pyridine rings is 1. The number of hydrogen-bond acceptors (Lipinski definition) is 6. The number of carbonyl (C=O) groups excluding carboxylic acids is 1. The summed E-state index contributed by atoms with van der Waals surface area (Å²) >= 11 is 6.32. The fraction of sp³-hybridized carbons (Fsp3) is 0.379. The van der Waals surface area contributed by atoms with Gasteiger partial charge < -0.3 is 20.3 Å². The first-order valence-electron chi connectivity index (χ1n) is 13.3. The van der Waals surface area contributed by atoms with Gasteiger partial charge in [-0.2, -0.15) is 0 Å². The van der Waals surface area contributed by atoms with Gasteiger partial charge in [0, 0.05) is 48.2 Å². The molecular weight excluding hydrogens is 536 g/mol. The molecule has 2 aromatic heterocycles. The Hall–Kier alpha value is -2.98. The average molecular weight is 567 g/mol. The number of amides is 1. The maximum atomic E-state index is 13.7. The Labute approximate surface area is 232 Å². The first-order valence-corrected chi connectivity index (χ1v) is 15.3. The van der Waals surface area contributed by atoms with E-state index < -0.39 is 9.84 Å². The van der Waals surface area contributed by atoms with Crippen molar-refractivity contribution in [3.63, 3.8) is 0 Å². The molecule has 3 N–H and O–H groups in total. The summed E-state index contributed by atoms with van der Waals surface area (Å²) in [5.41, 5.74) is 4.21. The Morgan fingerprint density at radius 3 is 2.67 bits per heavy atom. The van der Waals surface area contributed by atoms with Crippen molar-refractivity contribution >= 4 is 49.3 Å². The predicted octanol–water partition coefficient (Wildman–Crippen LogP) is 4.47. The summed E-state index contributed by atoms with van der Waals surface area (Å²) in [6.45, 7) is 4.34. The molecule has 2 fully saturated rings. The molecule has 3 heterocycles. The molecule has 0 radical (unpaired) electrons. The van der Waals surface area contributed by atoms with Crippen LogP contribution in [0.4, 0.5) is 0 Å². The molecular formula is C29H31ClN4O4S. The number of H-pyrrole nitrogens is 1. The number of aromatic amines is 1. The summed E-state index contributed by atoms with van der Waals surface area (Å²) < 4.78 is 26.1. The van der Waals surface area contributed by atoms with Crippen LogP contribution < -0.4 is 5.32 Å². The zero-order valence-electron chi connectivity index (χ0n) is 21.7. The SMILES string of the molecule is Cc1c(C(=O)NC2CCN(CCO)CC2)cc(-c2cccc(S(=O)(=O)C3CC3)c2)c2c1[nH]c1ncc(Cl)cc12. The number of piperidine rings is 1. The predicted molar refractivity (Wildman–Crippen MR) is 153 cm³/mol. The summed E-state index contributed by atoms with van der Waals surface area (Å²) in [6, 6.07) is 10.8. The highest BCUT2D eigenvalue weighted by Gasteiger charge is 2.37. The highest BCUT2D eigenvalue weighted by Crippen LogP contribution is 2.40. The van der Waals surface area contributed by atoms with Crippen molar-refractivity contribution in [2.75, 3.05) is 26.2 Å². The molecule has 4 aromatic rings. The van der Waals surface area contributed by atoms with E-state index in [1.54, 1.807) is 24.4 Å². The monoisotopic (exact) mass is 566 g/mol. The molecule has 39 heavy (non-hydrogen) atoms. The van der Waals surface area contributed by atoms with Gasteiger partial charge in [-0.15, -0.1) is 0 Å². The summed E-state index contributed by atoms with van der Waals surface area (Å²) in [5, 5.41) is 14.3. The highest BCUT2D eigenvalue weighted by molar-refractivity contribution is 7.92. The normalized spacial score (nSPS) is 17.2. The molecule has 8 nitrogen and oxygen atoms in total. The van der Waals surface area contributed by atoms with E-state index in [1.165, 1.54) is 0 Å². The maximum absolute atomic E-state index is 13.7. The second-order valence-corrected chi connectivity index (χ2v) is 13.3. The standard InChI is InChI=1S/C29H31ClN4O4S/c1-17-23(29(36)32-20-7-9-34(10-8-20)11-12-35)15-24(26-25-14-19(30)16-31-28(25)33-27(17)26)18-3-2-4-22(13-18)39(37,38)21-5-6-21/h2-4,13-16,20-21,35H,5-12H2,1H3,(H,31,33)(H,32,36). The van der Waals surface area contributed by atoms with Crippen LogP contribution >= 0.6 is 11.6 Å². The summed E-state index contributed by atoms with van der Waals surface area (Å²) in [5.74, 6) is -0.164. The van der Waals surface area contributed by atoms with E-state index in [2.05, 4.69) is 20.2 Å². The molecule has 0 unspecified atom stereocenters. The zero-order chi connectivity index (χ0) is 27.3. The molecule has 0 spiro atoms. The number of rotatable bonds is 7. The quantitative estimate of drug-likeness (QED) is 0.304. The van der Waals surface area contributed by atoms with Crippen molar-refractivity contribution < 1.29 is 18.3 Å². The number of likely N-dealkylation sites (tertiary alicyclic amines) is 1. The lowest BCUT2D eigenvalue weighted by molar-refractivity contribution is 0.0902. The van der Waals surface area contributed by atoms with Crippen molar-refractivity contribution in [1.29, 1.82) is 0 Å². The van der Waals surface area contributed by atoms with Crippen molar-refractivity contribution in [3.8, 4) is 11.1 Å². The van der Waals surface area contributed by atoms with Gasteiger partial charge in [0.2, 0.25) is 0 Å². The minimum absolute atomic E-state index is 0.0428. The number of hydrogen-bond donors (Lipinski definition) is 3. The van der Waals surface area contributed by atoms with Crippen LogP contribution in [0.3, 0.4) is 0 Å². The third kappa shape index (κ3) is 4.93. The molecule has 1 amide bonds. The number of aryl methyl sites for hydroxylation is 1. The molecule has 0 bridgehead atoms. The van der Waals surface area contributed by atoms with Crippen molar-refractivity contribution in [2.24, 2.45) is 0 Å². The van der Waals surface area contributed by atoms with Crippen LogP contribution in [0.15, 0.2) is 47.5 Å². The van der Waals surface area contributed by atoms with Gasteiger partial charge in [0.1, 0.15) is 5.65 Å². The number of halogens is 1. The van der Waals surface area contributed by atoms with Gasteiger partial charge in [0.15, 0.2) is 9.84 Å². The number of benzene rings is 2. The first-order chi connectivity index (χ1) is 18.8. The molecule has 1 aliphatic carbocycles. The highest BCUT2D eigenvalue weighted by atomic mass is 35.5. The molecule has 0 atom stereocenters. The Bertz CT molecular complexity index is 1690. The zero-order valence-corrected chi connectivity index (χ0v) is 23.3. The van der Waals surface area contributed by atoms with Gasteiger partial charge in [-0.25, -0.2) is 13.4 Å². The van der Waals surface area contributed by atoms with Gasteiger partial charge in [0.05, 0.1) is 27.3 Å². The number of aliphatic hydroxyl groups is 1. The summed E-state index contributed by atoms with van der Waals surface area (Å²) in [6.07, 6.45) is 4.59. The molecule has 6 rings (SSSR count). The average Bonchev–Trinajstić information content (AvgIpc) is 3.73. The van der Waals surface area contributed by atoms with E-state index in [-0.39, 0.29) is 23.8 Å². The van der Waals surface area contributed by atoms with Crippen LogP contribution in [0.2, 0.25) is 5.02 Å². The van der Waals surface area contributed by atoms with Crippen molar-refractivity contribution in [1.82, 2.24) is 20.2 Å². The van der Waals surface area contributed by atoms with E-state index in [9.17, 15) is 18.3 Å². The maximum Gasteiger partial charge on any atom is 0.251 e. The van der Waals surface area contributed by atoms with Crippen LogP contribution in [-0.4, -0.2) is 71.8 Å². The Morgan fingerprint density at radius 1 is 1.18 bits per heavy atom. The number of sulfone groups is 1. The van der Waals surface area contributed by atoms with E-state index in [4.69, 9.17) is 11.6 Å². The molecule has 2 aliphatic rings. The van der Waals surface area contributed by atoms with Gasteiger partial charge in [-0.05, 0) is 73.6 Å². The number of β-amino-alcohol motifs (C(OH)–C–C–N with tert-alkyl or cyclic N) is 1. The van der Waals surface area contributed by atoms with Gasteiger partial charge in [-0.1, -0.05) is 23.7 Å². The lowest BCUT2D eigenvalue weighted by atomic mass is 9.93. The largest absolute Gasteiger partial charge is 0.395 e. The molecule has 2 aromatic carbocycles. The molecule has 204 valence electrons. The van der Waals surface area contributed by atoms with Gasteiger partial charge in [-0.3, -0.25) is 4.79 Å². The number of carbonyl (C=O) groups is 1. The second-order valence-electron chi connectivity index (χ2n) is 10.6. The summed E-state index contributed by atoms with van der Waals surface area (Å²) in [7, 11) is -3.39. The van der Waals surface area contributed by atoms with Crippen LogP contribution in [-0.2, 0) is 9.84 Å². The Balaban J connectivity index is 1.45. The van der Waals surface area contributed by atoms with Crippen LogP contribution in [0.5, 0.6) is 0 Å². The second kappa shape index (κ2) is 10.2. The third-order valence-electron chi connectivity index (χ3n) is 7.97. The number of nitrogens with zero attached hydrogens (tertiary/aromatic N) is 2. The number of fused-ring (bicyclic) bond motifs is 3. The fourth-order valence-electron chi connectivity index (χ4n) is 5.65. The summed E-state index contributed by atoms with van der Waals surface area (Å²) in [4.78, 5) is 24.0. The molecule has 1 saturated heterocycles. The van der Waals surface area contributed by atoms with E-state index in [1.807, 2.05) is 25.1 Å². The number of aliphatic hydroxyl groups excluding tert-OH is 1. The van der Waals surface area contributed by atoms with Crippen LogP contribution in [0, 0.1) is 6.92 Å². The van der Waals surface area contributed by atoms with Gasteiger partial charge in [0.25, 0.3) is 5.91 Å². The lowest BCUT2D eigenvalue weighted by Gasteiger charge is -2.32. The minimum Gasteiger partial charge on any atom is -0.395 e. The topological polar surface area (TPSA) is 115 Å². The lowest BCUT2D eigenvalue weighted by Crippen LogP contribution is -2.45. The van der Waals surface area contributed by atoms with E-state index in [0.717, 1.165) is 53.3 Å². The minimum atomic E-state index is -3.39. The smallest absolute Gasteiger partial charge is 0.251 e. The number of aromatic nitrogens is 2. The van der Waals surface area contributed by atoms with Gasteiger partial charge >= 0.3 is 0 Å². The third-order valence-corrected chi connectivity index (χ3v) is 10.4. The molecule has 10 heteroatoms. The van der Waals surface area contributed by atoms with Crippen LogP contribution in [0.1, 0.15) is 41.6 Å². The fourth-order valence-corrected chi connectivity index (χ4v) is 7.50. The van der Waals surface area contributed by atoms with E-state index in [0.29, 0.717) is 46.1 Å². The van der Waals surface area contributed by atoms with Crippen LogP contribution in [0.25, 0.3) is 33.1 Å². The number of nitrogens with one attached hydrogen (secondary N) is 2. The molecule has 1 saturated carbocycles. The Morgan fingerprint density at radius 2 is 1.95 bits per heavy atom. The Kier molecular flexibility index (Phi) is 6.87. The van der Waals surface area contributed by atoms with Crippen molar-refractivity contribution in [2.45, 2.75) is 48.8 Å². The van der Waals surface area contributed by atoms with Crippen molar-refractivity contribution in [3.05, 3.63) is 58.7 Å². The molecule has 1 aliphatic heterocycles.